The first kappa shape index (κ1) is 21.7. The number of benzene rings is 2. The molecule has 0 radical (unpaired) electrons. The Balaban J connectivity index is 1.76. The summed E-state index contributed by atoms with van der Waals surface area (Å²) in [6.07, 6.45) is 2.89. The molecule has 4 N–H and O–H groups in total. The summed E-state index contributed by atoms with van der Waals surface area (Å²) >= 11 is 11.1. The van der Waals surface area contributed by atoms with Crippen LogP contribution in [0.4, 0.5) is 5.69 Å². The van der Waals surface area contributed by atoms with Gasteiger partial charge >= 0.3 is 0 Å². The highest BCUT2D eigenvalue weighted by Crippen LogP contribution is 2.30. The summed E-state index contributed by atoms with van der Waals surface area (Å²) in [7, 11) is 0. The topological polar surface area (TPSA) is 116 Å². The quantitative estimate of drug-likeness (QED) is 0.268. The number of halogens is 1. The number of thiocarbonyl (C=S) groups is 1. The van der Waals surface area contributed by atoms with Gasteiger partial charge < -0.3 is 20.1 Å². The molecular weight excluding hydrogens is 452 g/mol. The van der Waals surface area contributed by atoms with Gasteiger partial charge in [-0.2, -0.15) is 0 Å². The molecular formula is C22H17ClN4O4S. The van der Waals surface area contributed by atoms with Gasteiger partial charge in [0, 0.05) is 35.0 Å². The zero-order valence-electron chi connectivity index (χ0n) is 16.5. The van der Waals surface area contributed by atoms with Gasteiger partial charge in [-0.05, 0) is 48.6 Å². The number of hydrogen-bond donors (Lipinski definition) is 4. The molecule has 32 heavy (non-hydrogen) atoms. The Hall–Kier alpha value is -3.53. The van der Waals surface area contributed by atoms with Crippen molar-refractivity contribution in [1.29, 1.82) is 0 Å². The Morgan fingerprint density at radius 1 is 1.19 bits per heavy atom. The first-order valence-electron chi connectivity index (χ1n) is 9.51. The van der Waals surface area contributed by atoms with Crippen molar-refractivity contribution < 1.29 is 15.0 Å². The van der Waals surface area contributed by atoms with Crippen molar-refractivity contribution in [3.63, 3.8) is 0 Å². The monoisotopic (exact) mass is 468 g/mol. The number of nitrogens with zero attached hydrogens (tertiary/aromatic N) is 2. The fourth-order valence-corrected chi connectivity index (χ4v) is 3.87. The first-order valence-corrected chi connectivity index (χ1v) is 10.3. The highest BCUT2D eigenvalue weighted by atomic mass is 35.5. The van der Waals surface area contributed by atoms with E-state index >= 15 is 0 Å². The number of aliphatic hydroxyl groups is 1. The molecule has 0 aliphatic rings. The third-order valence-corrected chi connectivity index (χ3v) is 5.24. The normalized spacial score (nSPS) is 10.9. The summed E-state index contributed by atoms with van der Waals surface area (Å²) < 4.78 is 1.59. The Bertz CT molecular complexity index is 1440. The largest absolute Gasteiger partial charge is 0.506 e. The van der Waals surface area contributed by atoms with E-state index in [0.29, 0.717) is 27.1 Å². The summed E-state index contributed by atoms with van der Waals surface area (Å²) in [5, 5.41) is 26.3. The van der Waals surface area contributed by atoms with E-state index in [0.717, 1.165) is 0 Å². The highest BCUT2D eigenvalue weighted by Gasteiger charge is 2.19. The molecule has 0 saturated carbocycles. The Morgan fingerprint density at radius 2 is 2.00 bits per heavy atom. The highest BCUT2D eigenvalue weighted by molar-refractivity contribution is 7.80. The minimum atomic E-state index is -0.728. The number of anilines is 1. The van der Waals surface area contributed by atoms with Gasteiger partial charge in [0.25, 0.3) is 5.91 Å². The van der Waals surface area contributed by atoms with E-state index in [1.165, 1.54) is 18.5 Å². The van der Waals surface area contributed by atoms with Crippen molar-refractivity contribution in [1.82, 2.24) is 14.9 Å². The van der Waals surface area contributed by atoms with Crippen LogP contribution >= 0.6 is 23.8 Å². The molecule has 0 unspecified atom stereocenters. The number of rotatable bonds is 4. The van der Waals surface area contributed by atoms with Crippen LogP contribution in [0.1, 0.15) is 10.4 Å². The van der Waals surface area contributed by atoms with Crippen LogP contribution in [0.25, 0.3) is 21.8 Å². The van der Waals surface area contributed by atoms with Crippen LogP contribution in [0.2, 0.25) is 5.02 Å². The SMILES string of the molecule is O=C(NC(=S)Nc1cccc(Cl)c1)c1cn(CCO)c2c(cc(O)c3ncccc32)c1=O. The number of pyridine rings is 2. The first-order chi connectivity index (χ1) is 15.4. The van der Waals surface area contributed by atoms with Gasteiger partial charge in [0.05, 0.1) is 17.5 Å². The number of phenols is 1. The number of aliphatic hydroxyl groups excluding tert-OH is 1. The van der Waals surface area contributed by atoms with Crippen molar-refractivity contribution >= 4 is 62.3 Å². The number of hydrogen-bond acceptors (Lipinski definition) is 6. The number of carbonyl (C=O) groups excluding carboxylic acids is 1. The van der Waals surface area contributed by atoms with Crippen molar-refractivity contribution in [2.75, 3.05) is 11.9 Å². The van der Waals surface area contributed by atoms with Crippen LogP contribution in [0.3, 0.4) is 0 Å². The Kier molecular flexibility index (Phi) is 6.04. The van der Waals surface area contributed by atoms with E-state index in [-0.39, 0.29) is 35.0 Å². The number of amides is 1. The summed E-state index contributed by atoms with van der Waals surface area (Å²) in [5.74, 6) is -0.912. The average molecular weight is 469 g/mol. The average Bonchev–Trinajstić information content (AvgIpc) is 2.76. The van der Waals surface area contributed by atoms with E-state index in [9.17, 15) is 19.8 Å². The lowest BCUT2D eigenvalue weighted by molar-refractivity contribution is 0.0976. The van der Waals surface area contributed by atoms with Gasteiger partial charge in [0.2, 0.25) is 5.43 Å². The van der Waals surface area contributed by atoms with Crippen molar-refractivity contribution in [3.8, 4) is 5.75 Å². The van der Waals surface area contributed by atoms with E-state index in [1.807, 2.05) is 0 Å². The van der Waals surface area contributed by atoms with Gasteiger partial charge in [-0.25, -0.2) is 0 Å². The second-order valence-electron chi connectivity index (χ2n) is 6.90. The lowest BCUT2D eigenvalue weighted by Crippen LogP contribution is -2.37. The van der Waals surface area contributed by atoms with Crippen molar-refractivity contribution in [3.05, 3.63) is 75.7 Å². The molecule has 2 aromatic carbocycles. The molecule has 0 spiro atoms. The molecule has 0 aliphatic heterocycles. The second-order valence-corrected chi connectivity index (χ2v) is 7.74. The molecule has 0 bridgehead atoms. The van der Waals surface area contributed by atoms with Gasteiger partial charge in [-0.1, -0.05) is 17.7 Å². The number of phenolic OH excluding ortho intramolecular Hbond substituents is 1. The van der Waals surface area contributed by atoms with Crippen LogP contribution in [0.15, 0.2) is 59.7 Å². The molecule has 0 saturated heterocycles. The van der Waals surface area contributed by atoms with Crippen molar-refractivity contribution in [2.24, 2.45) is 0 Å². The molecule has 0 atom stereocenters. The zero-order valence-corrected chi connectivity index (χ0v) is 18.1. The second kappa shape index (κ2) is 8.91. The fourth-order valence-electron chi connectivity index (χ4n) is 3.47. The predicted octanol–water partition coefficient (Wildman–Crippen LogP) is 3.03. The van der Waals surface area contributed by atoms with E-state index in [4.69, 9.17) is 23.8 Å². The maximum absolute atomic E-state index is 13.2. The lowest BCUT2D eigenvalue weighted by Gasteiger charge is -2.15. The van der Waals surface area contributed by atoms with E-state index in [1.54, 1.807) is 41.0 Å². The van der Waals surface area contributed by atoms with E-state index < -0.39 is 11.3 Å². The Morgan fingerprint density at radius 3 is 2.75 bits per heavy atom. The number of fused-ring (bicyclic) bond motifs is 3. The van der Waals surface area contributed by atoms with Crippen LogP contribution in [-0.4, -0.2) is 37.4 Å². The molecule has 4 aromatic rings. The number of aromatic nitrogens is 2. The molecule has 0 fully saturated rings. The van der Waals surface area contributed by atoms with E-state index in [2.05, 4.69) is 15.6 Å². The molecule has 10 heteroatoms. The molecule has 2 aromatic heterocycles. The van der Waals surface area contributed by atoms with Crippen LogP contribution in [0.5, 0.6) is 5.75 Å². The third kappa shape index (κ3) is 4.13. The van der Waals surface area contributed by atoms with Gasteiger partial charge in [-0.3, -0.25) is 19.9 Å². The molecule has 2 heterocycles. The molecule has 4 rings (SSSR count). The van der Waals surface area contributed by atoms with Gasteiger partial charge in [-0.15, -0.1) is 0 Å². The maximum atomic E-state index is 13.2. The van der Waals surface area contributed by atoms with Crippen LogP contribution < -0.4 is 16.1 Å². The van der Waals surface area contributed by atoms with Crippen LogP contribution in [-0.2, 0) is 6.54 Å². The zero-order chi connectivity index (χ0) is 22.8. The lowest BCUT2D eigenvalue weighted by atomic mass is 10.1. The minimum Gasteiger partial charge on any atom is -0.506 e. The summed E-state index contributed by atoms with van der Waals surface area (Å²) in [4.78, 5) is 30.2. The summed E-state index contributed by atoms with van der Waals surface area (Å²) in [6, 6.07) is 11.4. The van der Waals surface area contributed by atoms with Gasteiger partial charge in [0.15, 0.2) is 5.11 Å². The molecule has 1 amide bonds. The standard InChI is InChI=1S/C22H17ClN4O4S/c23-12-3-1-4-13(9-12)25-22(32)26-21(31)16-11-27(7-8-28)19-14-5-2-6-24-18(14)17(29)10-15(19)20(16)30/h1-6,9-11,28-29H,7-8H2,(H2,25,26,31,32). The maximum Gasteiger partial charge on any atom is 0.262 e. The van der Waals surface area contributed by atoms with Crippen LogP contribution in [0, 0.1) is 0 Å². The predicted molar refractivity (Wildman–Crippen MR) is 127 cm³/mol. The number of carbonyl (C=O) groups is 1. The summed E-state index contributed by atoms with van der Waals surface area (Å²) in [6.45, 7) is -0.104. The summed E-state index contributed by atoms with van der Waals surface area (Å²) in [5.41, 5.74) is 0.571. The smallest absolute Gasteiger partial charge is 0.262 e. The number of aromatic hydroxyl groups is 1. The third-order valence-electron chi connectivity index (χ3n) is 4.80. The molecule has 8 nitrogen and oxygen atoms in total. The molecule has 162 valence electrons. The van der Waals surface area contributed by atoms with Gasteiger partial charge in [0.1, 0.15) is 16.8 Å². The fraction of sp³-hybridized carbons (Fsp3) is 0.0909. The van der Waals surface area contributed by atoms with Crippen molar-refractivity contribution in [2.45, 2.75) is 6.54 Å². The Labute approximate surface area is 192 Å². The minimum absolute atomic E-state index is 0.0176. The molecule has 0 aliphatic carbocycles. The number of nitrogens with one attached hydrogen (secondary N) is 2.